The topological polar surface area (TPSA) is 21.3 Å². The molecule has 0 radical (unpaired) electrons. The fourth-order valence-electron chi connectivity index (χ4n) is 3.33. The van der Waals surface area contributed by atoms with Crippen LogP contribution in [0.3, 0.4) is 0 Å². The average molecular weight is 269 g/mol. The Balaban J connectivity index is 1.60. The average Bonchev–Trinajstić information content (AvgIpc) is 3.06. The molecule has 1 N–H and O–H groups in total. The zero-order chi connectivity index (χ0) is 13.5. The summed E-state index contributed by atoms with van der Waals surface area (Å²) >= 11 is 0. The van der Waals surface area contributed by atoms with Gasteiger partial charge in [0.05, 0.1) is 6.04 Å². The molecule has 0 aromatic heterocycles. The minimum absolute atomic E-state index is 0.0742. The van der Waals surface area contributed by atoms with Gasteiger partial charge in [0.25, 0.3) is 0 Å². The highest BCUT2D eigenvalue weighted by molar-refractivity contribution is 5.40. The molecule has 0 spiro atoms. The molecule has 2 aromatic carbocycles. The minimum atomic E-state index is -0.0742. The summed E-state index contributed by atoms with van der Waals surface area (Å²) in [4.78, 5) is 0. The van der Waals surface area contributed by atoms with Crippen molar-refractivity contribution < 1.29 is 9.13 Å². The van der Waals surface area contributed by atoms with Gasteiger partial charge in [0.15, 0.2) is 0 Å². The van der Waals surface area contributed by atoms with Crippen molar-refractivity contribution in [1.29, 1.82) is 0 Å². The fourth-order valence-corrected chi connectivity index (χ4v) is 3.33. The quantitative estimate of drug-likeness (QED) is 0.900. The highest BCUT2D eigenvalue weighted by Crippen LogP contribution is 2.38. The smallest absolute Gasteiger partial charge is 0.126 e. The maximum atomic E-state index is 13.8. The van der Waals surface area contributed by atoms with E-state index in [9.17, 15) is 4.39 Å². The van der Waals surface area contributed by atoms with Crippen LogP contribution in [0.5, 0.6) is 5.75 Å². The van der Waals surface area contributed by atoms with Crippen LogP contribution in [0.1, 0.15) is 35.2 Å². The van der Waals surface area contributed by atoms with Gasteiger partial charge in [-0.3, -0.25) is 0 Å². The van der Waals surface area contributed by atoms with Crippen molar-refractivity contribution in [2.75, 3.05) is 6.61 Å². The second kappa shape index (κ2) is 4.60. The molecule has 1 aliphatic heterocycles. The molecule has 3 heteroatoms. The lowest BCUT2D eigenvalue weighted by atomic mass is 10.0. The third-order valence-electron chi connectivity index (χ3n) is 4.32. The summed E-state index contributed by atoms with van der Waals surface area (Å²) in [5, 5.41) is 3.63. The van der Waals surface area contributed by atoms with Gasteiger partial charge in [0, 0.05) is 11.6 Å². The number of hydrogen-bond donors (Lipinski definition) is 1. The van der Waals surface area contributed by atoms with Crippen LogP contribution < -0.4 is 10.1 Å². The number of fused-ring (bicyclic) bond motifs is 2. The third-order valence-corrected chi connectivity index (χ3v) is 4.32. The monoisotopic (exact) mass is 269 g/mol. The van der Waals surface area contributed by atoms with Gasteiger partial charge in [0.2, 0.25) is 0 Å². The number of hydrogen-bond acceptors (Lipinski definition) is 2. The summed E-state index contributed by atoms with van der Waals surface area (Å²) in [6.45, 7) is 0.653. The lowest BCUT2D eigenvalue weighted by Crippen LogP contribution is -2.26. The number of halogens is 1. The maximum absolute atomic E-state index is 13.8. The normalized spacial score (nSPS) is 23.2. The molecule has 0 amide bonds. The summed E-state index contributed by atoms with van der Waals surface area (Å²) in [5.74, 6) is 0.886. The Kier molecular flexibility index (Phi) is 2.74. The first-order valence-electron chi connectivity index (χ1n) is 7.08. The van der Waals surface area contributed by atoms with Crippen LogP contribution in [-0.2, 0) is 6.42 Å². The summed E-state index contributed by atoms with van der Waals surface area (Å²) in [6.07, 6.45) is 1.77. The van der Waals surface area contributed by atoms with E-state index in [0.717, 1.165) is 29.7 Å². The maximum Gasteiger partial charge on any atom is 0.126 e. The molecule has 2 atom stereocenters. The largest absolute Gasteiger partial charge is 0.491 e. The Bertz CT molecular complexity index is 655. The number of benzene rings is 2. The molecular weight excluding hydrogens is 253 g/mol. The molecule has 102 valence electrons. The zero-order valence-electron chi connectivity index (χ0n) is 11.1. The molecule has 1 heterocycles. The first kappa shape index (κ1) is 11.9. The van der Waals surface area contributed by atoms with E-state index >= 15 is 0 Å². The van der Waals surface area contributed by atoms with Crippen molar-refractivity contribution in [1.82, 2.24) is 5.32 Å². The van der Waals surface area contributed by atoms with E-state index in [-0.39, 0.29) is 17.9 Å². The molecule has 20 heavy (non-hydrogen) atoms. The van der Waals surface area contributed by atoms with E-state index < -0.39 is 0 Å². The lowest BCUT2D eigenvalue weighted by molar-refractivity contribution is 0.297. The standard InChI is InChI=1S/C17H16FNO/c18-14-6-3-5-12-11(14)8-9-15(12)19-16-10-20-17-7-2-1-4-13(16)17/h1-7,15-16,19H,8-10H2. The van der Waals surface area contributed by atoms with Gasteiger partial charge >= 0.3 is 0 Å². The molecule has 2 aliphatic rings. The Labute approximate surface area is 117 Å². The second-order valence-electron chi connectivity index (χ2n) is 5.47. The van der Waals surface area contributed by atoms with Crippen molar-refractivity contribution in [3.8, 4) is 5.75 Å². The second-order valence-corrected chi connectivity index (χ2v) is 5.47. The zero-order valence-corrected chi connectivity index (χ0v) is 11.1. The van der Waals surface area contributed by atoms with E-state index in [0.29, 0.717) is 6.61 Å². The molecule has 2 unspecified atom stereocenters. The van der Waals surface area contributed by atoms with Crippen LogP contribution in [-0.4, -0.2) is 6.61 Å². The number of rotatable bonds is 2. The molecule has 1 aliphatic carbocycles. The van der Waals surface area contributed by atoms with Crippen LogP contribution in [0.25, 0.3) is 0 Å². The highest BCUT2D eigenvalue weighted by Gasteiger charge is 2.30. The first-order chi connectivity index (χ1) is 9.83. The van der Waals surface area contributed by atoms with Gasteiger partial charge in [-0.2, -0.15) is 0 Å². The summed E-state index contributed by atoms with van der Waals surface area (Å²) in [7, 11) is 0. The Morgan fingerprint density at radius 2 is 1.85 bits per heavy atom. The van der Waals surface area contributed by atoms with E-state index in [1.807, 2.05) is 24.3 Å². The van der Waals surface area contributed by atoms with Gasteiger partial charge in [-0.15, -0.1) is 0 Å². The van der Waals surface area contributed by atoms with Crippen molar-refractivity contribution in [2.45, 2.75) is 24.9 Å². The predicted molar refractivity (Wildman–Crippen MR) is 75.3 cm³/mol. The van der Waals surface area contributed by atoms with E-state index in [2.05, 4.69) is 11.4 Å². The molecule has 4 rings (SSSR count). The van der Waals surface area contributed by atoms with Gasteiger partial charge < -0.3 is 10.1 Å². The third kappa shape index (κ3) is 1.81. The van der Waals surface area contributed by atoms with E-state index in [4.69, 9.17) is 4.74 Å². The SMILES string of the molecule is Fc1cccc2c1CCC2NC1COc2ccccc21. The number of ether oxygens (including phenoxy) is 1. The Hall–Kier alpha value is -1.87. The molecule has 0 saturated heterocycles. The van der Waals surface area contributed by atoms with Crippen molar-refractivity contribution in [3.63, 3.8) is 0 Å². The van der Waals surface area contributed by atoms with Crippen molar-refractivity contribution in [3.05, 3.63) is 65.0 Å². The fraction of sp³-hybridized carbons (Fsp3) is 0.294. The molecule has 0 bridgehead atoms. The van der Waals surface area contributed by atoms with E-state index in [1.165, 1.54) is 5.56 Å². The Morgan fingerprint density at radius 1 is 1.00 bits per heavy atom. The van der Waals surface area contributed by atoms with E-state index in [1.54, 1.807) is 12.1 Å². The van der Waals surface area contributed by atoms with Gasteiger partial charge in [0.1, 0.15) is 18.2 Å². The van der Waals surface area contributed by atoms with Gasteiger partial charge in [-0.25, -0.2) is 4.39 Å². The van der Waals surface area contributed by atoms with Crippen molar-refractivity contribution in [2.24, 2.45) is 0 Å². The Morgan fingerprint density at radius 3 is 2.80 bits per heavy atom. The number of para-hydroxylation sites is 1. The van der Waals surface area contributed by atoms with Crippen LogP contribution >= 0.6 is 0 Å². The first-order valence-corrected chi connectivity index (χ1v) is 7.08. The molecule has 0 saturated carbocycles. The molecule has 0 fully saturated rings. The highest BCUT2D eigenvalue weighted by atomic mass is 19.1. The van der Waals surface area contributed by atoms with Gasteiger partial charge in [-0.1, -0.05) is 30.3 Å². The van der Waals surface area contributed by atoms with Crippen molar-refractivity contribution >= 4 is 0 Å². The predicted octanol–water partition coefficient (Wildman–Crippen LogP) is 3.54. The number of nitrogens with one attached hydrogen (secondary N) is 1. The van der Waals surface area contributed by atoms with Gasteiger partial charge in [-0.05, 0) is 36.1 Å². The van der Waals surface area contributed by atoms with Crippen LogP contribution in [0.4, 0.5) is 4.39 Å². The van der Waals surface area contributed by atoms with Crippen LogP contribution in [0.2, 0.25) is 0 Å². The molecular formula is C17H16FNO. The summed E-state index contributed by atoms with van der Waals surface area (Å²) < 4.78 is 19.5. The lowest BCUT2D eigenvalue weighted by Gasteiger charge is -2.19. The van der Waals surface area contributed by atoms with Crippen LogP contribution in [0.15, 0.2) is 42.5 Å². The van der Waals surface area contributed by atoms with Crippen LogP contribution in [0, 0.1) is 5.82 Å². The molecule has 2 aromatic rings. The minimum Gasteiger partial charge on any atom is -0.491 e. The summed E-state index contributed by atoms with van der Waals surface area (Å²) in [5.41, 5.74) is 3.18. The molecule has 2 nitrogen and oxygen atoms in total. The summed E-state index contributed by atoms with van der Waals surface area (Å²) in [6, 6.07) is 13.9.